The molecule has 1 amide bonds. The van der Waals surface area contributed by atoms with E-state index in [9.17, 15) is 9.18 Å². The minimum absolute atomic E-state index is 0.304. The molecule has 1 atom stereocenters. The number of hydrogen-bond acceptors (Lipinski definition) is 3. The van der Waals surface area contributed by atoms with Gasteiger partial charge in [0.1, 0.15) is 18.3 Å². The topological polar surface area (TPSA) is 47.6 Å². The monoisotopic (exact) mass is 353 g/mol. The number of carbonyl (C=O) groups is 1. The van der Waals surface area contributed by atoms with Crippen molar-refractivity contribution in [3.63, 3.8) is 0 Å². The van der Waals surface area contributed by atoms with E-state index in [1.54, 1.807) is 31.4 Å². The molecule has 0 saturated carbocycles. The van der Waals surface area contributed by atoms with Gasteiger partial charge in [-0.3, -0.25) is 4.79 Å². The van der Waals surface area contributed by atoms with E-state index in [4.69, 9.17) is 9.47 Å². The van der Waals surface area contributed by atoms with Crippen molar-refractivity contribution in [3.05, 3.63) is 89.6 Å². The lowest BCUT2D eigenvalue weighted by atomic mass is 10.0. The summed E-state index contributed by atoms with van der Waals surface area (Å²) in [5.74, 6) is 0.529. The van der Waals surface area contributed by atoms with E-state index in [2.05, 4.69) is 11.4 Å². The highest BCUT2D eigenvalue weighted by Gasteiger charge is 2.20. The predicted molar refractivity (Wildman–Crippen MR) is 97.8 cm³/mol. The first kappa shape index (κ1) is 17.7. The van der Waals surface area contributed by atoms with Crippen LogP contribution in [0.4, 0.5) is 4.39 Å². The predicted octanol–water partition coefficient (Wildman–Crippen LogP) is 4.35. The smallest absolute Gasteiger partial charge is 0.244 e. The van der Waals surface area contributed by atoms with Crippen molar-refractivity contribution >= 4 is 12.0 Å². The summed E-state index contributed by atoms with van der Waals surface area (Å²) in [5.41, 5.74) is 1.68. The number of halogens is 1. The molecule has 26 heavy (non-hydrogen) atoms. The van der Waals surface area contributed by atoms with Gasteiger partial charge in [-0.1, -0.05) is 30.4 Å². The molecule has 1 aromatic rings. The lowest BCUT2D eigenvalue weighted by Crippen LogP contribution is -2.34. The van der Waals surface area contributed by atoms with Crippen molar-refractivity contribution < 1.29 is 18.7 Å². The Hall–Kier alpha value is -3.08. The molecule has 5 heteroatoms. The van der Waals surface area contributed by atoms with Crippen LogP contribution in [0.1, 0.15) is 25.3 Å². The zero-order valence-electron chi connectivity index (χ0n) is 14.4. The Morgan fingerprint density at radius 2 is 2.23 bits per heavy atom. The van der Waals surface area contributed by atoms with Crippen molar-refractivity contribution in [2.24, 2.45) is 0 Å². The molecule has 1 aliphatic carbocycles. The molecular weight excluding hydrogens is 333 g/mol. The maximum atomic E-state index is 13.1. The van der Waals surface area contributed by atoms with Crippen molar-refractivity contribution in [2.75, 3.05) is 0 Å². The summed E-state index contributed by atoms with van der Waals surface area (Å²) in [6.07, 6.45) is 13.9. The van der Waals surface area contributed by atoms with Crippen LogP contribution in [0.5, 0.6) is 0 Å². The quantitative estimate of drug-likeness (QED) is 0.801. The zero-order chi connectivity index (χ0) is 18.4. The van der Waals surface area contributed by atoms with Gasteiger partial charge >= 0.3 is 0 Å². The van der Waals surface area contributed by atoms with Gasteiger partial charge in [-0.2, -0.15) is 0 Å². The molecular formula is C21H20FNO3. The van der Waals surface area contributed by atoms with Crippen molar-refractivity contribution in [3.8, 4) is 0 Å². The van der Waals surface area contributed by atoms with Crippen LogP contribution in [0.15, 0.2) is 78.2 Å². The number of benzene rings is 1. The molecule has 0 bridgehead atoms. The number of carbonyl (C=O) groups excluding carboxylic acids is 1. The first-order valence-corrected chi connectivity index (χ1v) is 8.45. The summed E-state index contributed by atoms with van der Waals surface area (Å²) in [4.78, 5) is 12.1. The van der Waals surface area contributed by atoms with Gasteiger partial charge in [-0.25, -0.2) is 4.39 Å². The van der Waals surface area contributed by atoms with Crippen molar-refractivity contribution in [1.82, 2.24) is 5.32 Å². The molecule has 2 aliphatic rings. The molecule has 0 saturated heterocycles. The van der Waals surface area contributed by atoms with E-state index in [1.807, 2.05) is 12.2 Å². The molecule has 0 spiro atoms. The molecule has 0 aromatic heterocycles. The molecule has 1 unspecified atom stereocenters. The van der Waals surface area contributed by atoms with Gasteiger partial charge in [0.05, 0.1) is 6.04 Å². The second-order valence-corrected chi connectivity index (χ2v) is 6.02. The van der Waals surface area contributed by atoms with Crippen LogP contribution in [-0.2, 0) is 14.3 Å². The molecule has 3 rings (SSSR count). The fourth-order valence-electron chi connectivity index (χ4n) is 2.59. The highest BCUT2D eigenvalue weighted by Crippen LogP contribution is 2.27. The Labute approximate surface area is 152 Å². The van der Waals surface area contributed by atoms with Crippen molar-refractivity contribution in [2.45, 2.75) is 25.8 Å². The molecule has 1 aromatic carbocycles. The van der Waals surface area contributed by atoms with Crippen molar-refractivity contribution in [1.29, 1.82) is 0 Å². The molecule has 1 N–H and O–H groups in total. The lowest BCUT2D eigenvalue weighted by molar-refractivity contribution is -0.117. The molecule has 0 fully saturated rings. The Kier molecular flexibility index (Phi) is 5.69. The SMILES string of the molecule is CC(NC(=O)C=Cc1cccc(F)c1)C1=COC=C(C2=CC=CCC2)O1. The molecule has 4 nitrogen and oxygen atoms in total. The first-order chi connectivity index (χ1) is 12.6. The van der Waals surface area contributed by atoms with Crippen LogP contribution >= 0.6 is 0 Å². The third-order valence-corrected chi connectivity index (χ3v) is 3.98. The van der Waals surface area contributed by atoms with Crippen LogP contribution in [0.25, 0.3) is 6.08 Å². The van der Waals surface area contributed by atoms with Gasteiger partial charge in [-0.05, 0) is 49.1 Å². The number of allylic oxidation sites excluding steroid dienone is 4. The van der Waals surface area contributed by atoms with E-state index < -0.39 is 0 Å². The van der Waals surface area contributed by atoms with Crippen LogP contribution in [0, 0.1) is 5.82 Å². The largest absolute Gasteiger partial charge is 0.465 e. The van der Waals surface area contributed by atoms with E-state index in [0.29, 0.717) is 17.1 Å². The summed E-state index contributed by atoms with van der Waals surface area (Å²) < 4.78 is 24.4. The Morgan fingerprint density at radius 1 is 1.35 bits per heavy atom. The third-order valence-electron chi connectivity index (χ3n) is 3.98. The normalized spacial score (nSPS) is 17.5. The number of ether oxygens (including phenoxy) is 2. The highest BCUT2D eigenvalue weighted by atomic mass is 19.1. The summed E-state index contributed by atoms with van der Waals surface area (Å²) in [6.45, 7) is 1.81. The van der Waals surface area contributed by atoms with E-state index >= 15 is 0 Å². The van der Waals surface area contributed by atoms with Gasteiger partial charge in [0.2, 0.25) is 5.91 Å². The Balaban J connectivity index is 1.56. The van der Waals surface area contributed by atoms with E-state index in [0.717, 1.165) is 18.4 Å². The van der Waals surface area contributed by atoms with Gasteiger partial charge in [-0.15, -0.1) is 0 Å². The molecule has 1 aliphatic heterocycles. The zero-order valence-corrected chi connectivity index (χ0v) is 14.4. The van der Waals surface area contributed by atoms with E-state index in [1.165, 1.54) is 24.5 Å². The molecule has 1 heterocycles. The number of hydrogen-bond donors (Lipinski definition) is 1. The fourth-order valence-corrected chi connectivity index (χ4v) is 2.59. The number of amides is 1. The summed E-state index contributed by atoms with van der Waals surface area (Å²) in [7, 11) is 0. The average Bonchev–Trinajstić information content (AvgIpc) is 2.67. The lowest BCUT2D eigenvalue weighted by Gasteiger charge is -2.23. The van der Waals surface area contributed by atoms with Gasteiger partial charge in [0.15, 0.2) is 11.5 Å². The highest BCUT2D eigenvalue weighted by molar-refractivity contribution is 5.92. The maximum Gasteiger partial charge on any atom is 0.244 e. The summed E-state index contributed by atoms with van der Waals surface area (Å²) in [6, 6.07) is 5.66. The minimum atomic E-state index is -0.372. The Bertz CT molecular complexity index is 833. The first-order valence-electron chi connectivity index (χ1n) is 8.45. The van der Waals surface area contributed by atoms with E-state index in [-0.39, 0.29) is 17.8 Å². The second kappa shape index (κ2) is 8.34. The number of rotatable bonds is 5. The summed E-state index contributed by atoms with van der Waals surface area (Å²) >= 11 is 0. The second-order valence-electron chi connectivity index (χ2n) is 6.02. The standard InChI is InChI=1S/C21H20FNO3/c1-15(23-21(24)11-10-16-6-5-9-18(22)12-16)19-13-25-14-20(26-19)17-7-3-2-4-8-17/h2-3,5-7,9-15H,4,8H2,1H3,(H,23,24). The molecule has 0 radical (unpaired) electrons. The van der Waals surface area contributed by atoms with Gasteiger partial charge in [0, 0.05) is 6.08 Å². The van der Waals surface area contributed by atoms with Crippen LogP contribution in [0.3, 0.4) is 0 Å². The van der Waals surface area contributed by atoms with Gasteiger partial charge < -0.3 is 14.8 Å². The van der Waals surface area contributed by atoms with Crippen LogP contribution < -0.4 is 5.32 Å². The number of nitrogens with one attached hydrogen (secondary N) is 1. The minimum Gasteiger partial charge on any atom is -0.465 e. The molecule has 134 valence electrons. The average molecular weight is 353 g/mol. The van der Waals surface area contributed by atoms with Crippen LogP contribution in [0.2, 0.25) is 0 Å². The summed E-state index contributed by atoms with van der Waals surface area (Å²) in [5, 5.41) is 2.80. The third kappa shape index (κ3) is 4.72. The van der Waals surface area contributed by atoms with Gasteiger partial charge in [0.25, 0.3) is 0 Å². The van der Waals surface area contributed by atoms with Crippen LogP contribution in [-0.4, -0.2) is 11.9 Å². The maximum absolute atomic E-state index is 13.1. The fraction of sp³-hybridized carbons (Fsp3) is 0.190. The Morgan fingerprint density at radius 3 is 3.00 bits per heavy atom.